The third-order valence-corrected chi connectivity index (χ3v) is 1.70. The van der Waals surface area contributed by atoms with E-state index in [0.717, 1.165) is 0 Å². The lowest BCUT2D eigenvalue weighted by Crippen LogP contribution is -2.36. The Bertz CT molecular complexity index is 409. The molecule has 2 N–H and O–H groups in total. The summed E-state index contributed by atoms with van der Waals surface area (Å²) < 4.78 is 0. The molecule has 0 radical (unpaired) electrons. The Morgan fingerprint density at radius 1 is 1.31 bits per heavy atom. The van der Waals surface area contributed by atoms with Gasteiger partial charge in [-0.3, -0.25) is 9.59 Å². The second-order valence-electron chi connectivity index (χ2n) is 2.49. The first kappa shape index (κ1) is 9.26. The van der Waals surface area contributed by atoms with Crippen molar-refractivity contribution in [1.29, 1.82) is 5.26 Å². The van der Waals surface area contributed by atoms with Crippen molar-refractivity contribution in [3.8, 4) is 6.07 Å². The molecule has 0 atom stereocenters. The summed E-state index contributed by atoms with van der Waals surface area (Å²) in [6.45, 7) is 0.385. The Labute approximate surface area is 74.7 Å². The third kappa shape index (κ3) is 1.51. The van der Waals surface area contributed by atoms with Gasteiger partial charge in [-0.2, -0.15) is 5.26 Å². The predicted octanol–water partition coefficient (Wildman–Crippen LogP) is -0.350. The van der Waals surface area contributed by atoms with Crippen molar-refractivity contribution in [3.63, 3.8) is 0 Å². The average molecular weight is 179 g/mol. The summed E-state index contributed by atoms with van der Waals surface area (Å²) in [5, 5.41) is 13.6. The van der Waals surface area contributed by atoms with Crippen LogP contribution in [0.2, 0.25) is 0 Å². The van der Waals surface area contributed by atoms with Crippen molar-refractivity contribution in [2.45, 2.75) is 6.42 Å². The molecule has 0 saturated carbocycles. The number of anilines is 2. The molecule has 0 aliphatic rings. The summed E-state index contributed by atoms with van der Waals surface area (Å²) in [4.78, 5) is 21.8. The van der Waals surface area contributed by atoms with E-state index in [9.17, 15) is 9.59 Å². The van der Waals surface area contributed by atoms with Crippen molar-refractivity contribution in [2.75, 3.05) is 24.2 Å². The van der Waals surface area contributed by atoms with Gasteiger partial charge in [0.05, 0.1) is 12.5 Å². The molecule has 68 valence electrons. The van der Waals surface area contributed by atoms with Crippen molar-refractivity contribution < 1.29 is 0 Å². The normalized spacial score (nSPS) is 9.54. The minimum absolute atomic E-state index is 0.294. The zero-order chi connectivity index (χ0) is 9.84. The van der Waals surface area contributed by atoms with Crippen LogP contribution in [0.25, 0.3) is 0 Å². The monoisotopic (exact) mass is 179 g/mol. The summed E-state index contributed by atoms with van der Waals surface area (Å²) in [7, 11) is 1.58. The van der Waals surface area contributed by atoms with Gasteiger partial charge in [0.15, 0.2) is 0 Å². The first-order valence-electron chi connectivity index (χ1n) is 3.84. The molecule has 0 unspecified atom stereocenters. The molecule has 0 bridgehead atoms. The molecule has 0 aliphatic heterocycles. The number of nitrogens with one attached hydrogen (secondary N) is 2. The highest BCUT2D eigenvalue weighted by molar-refractivity contribution is 5.73. The van der Waals surface area contributed by atoms with Gasteiger partial charge in [-0.25, -0.2) is 0 Å². The fraction of sp³-hybridized carbons (Fsp3) is 0.375. The molecule has 0 saturated heterocycles. The second kappa shape index (κ2) is 3.72. The fourth-order valence-corrected chi connectivity index (χ4v) is 1.04. The van der Waals surface area contributed by atoms with E-state index in [1.165, 1.54) is 0 Å². The van der Waals surface area contributed by atoms with E-state index in [1.54, 1.807) is 7.05 Å². The van der Waals surface area contributed by atoms with Gasteiger partial charge in [0.1, 0.15) is 11.4 Å². The van der Waals surface area contributed by atoms with E-state index in [4.69, 9.17) is 5.26 Å². The van der Waals surface area contributed by atoms with Gasteiger partial charge in [0, 0.05) is 13.6 Å². The van der Waals surface area contributed by atoms with Crippen molar-refractivity contribution >= 4 is 11.4 Å². The van der Waals surface area contributed by atoms with E-state index in [1.807, 2.05) is 6.07 Å². The minimum Gasteiger partial charge on any atom is -0.383 e. The molecule has 1 aromatic carbocycles. The van der Waals surface area contributed by atoms with Gasteiger partial charge >= 0.3 is 0 Å². The van der Waals surface area contributed by atoms with Gasteiger partial charge in [0.2, 0.25) is 0 Å². The molecule has 1 rings (SSSR count). The van der Waals surface area contributed by atoms with E-state index < -0.39 is 10.9 Å². The van der Waals surface area contributed by atoms with E-state index in [-0.39, 0.29) is 0 Å². The van der Waals surface area contributed by atoms with Crippen LogP contribution in [0, 0.1) is 11.3 Å². The van der Waals surface area contributed by atoms with Crippen LogP contribution in [0.3, 0.4) is 0 Å². The van der Waals surface area contributed by atoms with Crippen LogP contribution in [0.1, 0.15) is 6.42 Å². The Hall–Kier alpha value is -1.83. The highest BCUT2D eigenvalue weighted by atomic mass is 16.2. The van der Waals surface area contributed by atoms with Crippen LogP contribution in [-0.2, 0) is 0 Å². The number of nitrogens with zero attached hydrogens (tertiary/aromatic N) is 1. The van der Waals surface area contributed by atoms with Crippen LogP contribution >= 0.6 is 0 Å². The number of rotatable bonds is 4. The molecular formula is C8H9N3O2. The smallest absolute Gasteiger partial charge is 0.253 e. The van der Waals surface area contributed by atoms with Crippen LogP contribution in [0.15, 0.2) is 9.59 Å². The number of hydrogen-bond acceptors (Lipinski definition) is 5. The lowest BCUT2D eigenvalue weighted by molar-refractivity contribution is 1.06. The van der Waals surface area contributed by atoms with Gasteiger partial charge < -0.3 is 10.6 Å². The van der Waals surface area contributed by atoms with Gasteiger partial charge in [-0.05, 0) is 0 Å². The van der Waals surface area contributed by atoms with Crippen LogP contribution in [0.4, 0.5) is 11.4 Å². The van der Waals surface area contributed by atoms with E-state index in [2.05, 4.69) is 10.6 Å². The Morgan fingerprint density at radius 2 is 1.92 bits per heavy atom. The number of hydrogen-bond donors (Lipinski definition) is 2. The summed E-state index contributed by atoms with van der Waals surface area (Å²) in [5.41, 5.74) is -0.407. The first-order valence-corrected chi connectivity index (χ1v) is 3.84. The molecule has 0 aromatic heterocycles. The summed E-state index contributed by atoms with van der Waals surface area (Å²) in [6.07, 6.45) is 0.308. The van der Waals surface area contributed by atoms with Crippen molar-refractivity contribution in [2.24, 2.45) is 0 Å². The molecule has 0 heterocycles. The molecular weight excluding hydrogens is 170 g/mol. The predicted molar refractivity (Wildman–Crippen MR) is 49.6 cm³/mol. The third-order valence-electron chi connectivity index (χ3n) is 1.70. The molecule has 13 heavy (non-hydrogen) atoms. The highest BCUT2D eigenvalue weighted by Gasteiger charge is 2.18. The minimum atomic E-state index is -0.512. The van der Waals surface area contributed by atoms with Crippen LogP contribution in [-0.4, -0.2) is 13.6 Å². The van der Waals surface area contributed by atoms with E-state index >= 15 is 0 Å². The standard InChI is InChI=1S/C8H9N3O2/c1-10-5-6(8(13)7(5)12)11-4-2-3-9/h10-11H,2,4H2,1H3. The fourth-order valence-electron chi connectivity index (χ4n) is 1.04. The molecule has 0 spiro atoms. The maximum atomic E-state index is 10.9. The van der Waals surface area contributed by atoms with Crippen LogP contribution < -0.4 is 21.5 Å². The van der Waals surface area contributed by atoms with Crippen molar-refractivity contribution in [1.82, 2.24) is 0 Å². The Kier molecular flexibility index (Phi) is 2.65. The molecule has 5 nitrogen and oxygen atoms in total. The quantitative estimate of drug-likeness (QED) is 0.487. The van der Waals surface area contributed by atoms with Gasteiger partial charge in [-0.1, -0.05) is 0 Å². The lowest BCUT2D eigenvalue weighted by Gasteiger charge is -2.10. The Morgan fingerprint density at radius 3 is 2.46 bits per heavy atom. The van der Waals surface area contributed by atoms with Gasteiger partial charge in [-0.15, -0.1) is 0 Å². The molecule has 5 heteroatoms. The maximum Gasteiger partial charge on any atom is 0.253 e. The molecule has 0 aliphatic carbocycles. The number of nitriles is 1. The highest BCUT2D eigenvalue weighted by Crippen LogP contribution is 2.12. The zero-order valence-corrected chi connectivity index (χ0v) is 7.18. The summed E-state index contributed by atoms with van der Waals surface area (Å²) in [5.74, 6) is 0. The molecule has 0 fully saturated rings. The average Bonchev–Trinajstić information content (AvgIpc) is 2.16. The van der Waals surface area contributed by atoms with Crippen molar-refractivity contribution in [3.05, 3.63) is 20.4 Å². The van der Waals surface area contributed by atoms with E-state index in [0.29, 0.717) is 24.3 Å². The van der Waals surface area contributed by atoms with Crippen LogP contribution in [0.5, 0.6) is 0 Å². The first-order chi connectivity index (χ1) is 6.22. The Balaban J connectivity index is 2.69. The largest absolute Gasteiger partial charge is 0.383 e. The zero-order valence-electron chi connectivity index (χ0n) is 7.18. The maximum absolute atomic E-state index is 10.9. The molecule has 1 aromatic rings. The second-order valence-corrected chi connectivity index (χ2v) is 2.49. The topological polar surface area (TPSA) is 82.0 Å². The van der Waals surface area contributed by atoms with Gasteiger partial charge in [0.25, 0.3) is 10.9 Å². The summed E-state index contributed by atoms with van der Waals surface area (Å²) in [6, 6.07) is 1.93. The lowest BCUT2D eigenvalue weighted by atomic mass is 10.2. The molecule has 0 amide bonds. The SMILES string of the molecule is CNc1c(NCCC#N)c(=O)c1=O. The summed E-state index contributed by atoms with van der Waals surface area (Å²) >= 11 is 0.